The van der Waals surface area contributed by atoms with Crippen LogP contribution in [-0.2, 0) is 7.05 Å². The molecular weight excluding hydrogens is 346 g/mol. The van der Waals surface area contributed by atoms with E-state index in [9.17, 15) is 4.79 Å². The van der Waals surface area contributed by atoms with Crippen LogP contribution in [0.1, 0.15) is 21.1 Å². The zero-order valence-electron chi connectivity index (χ0n) is 14.6. The van der Waals surface area contributed by atoms with E-state index in [0.717, 1.165) is 33.0 Å². The Labute approximate surface area is 154 Å². The van der Waals surface area contributed by atoms with Crippen molar-refractivity contribution in [2.45, 2.75) is 13.8 Å². The molecule has 1 amide bonds. The predicted octanol–water partition coefficient (Wildman–Crippen LogP) is 3.96. The Hall–Kier alpha value is -3.06. The molecule has 0 unspecified atom stereocenters. The topological polar surface area (TPSA) is 72.7 Å². The quantitative estimate of drug-likeness (QED) is 0.598. The van der Waals surface area contributed by atoms with Crippen LogP contribution >= 0.6 is 11.3 Å². The average molecular weight is 363 g/mol. The Balaban J connectivity index is 1.63. The third-order valence-corrected chi connectivity index (χ3v) is 5.35. The van der Waals surface area contributed by atoms with Gasteiger partial charge in [0.15, 0.2) is 5.65 Å². The van der Waals surface area contributed by atoms with Crippen molar-refractivity contribution < 1.29 is 4.79 Å². The van der Waals surface area contributed by atoms with Gasteiger partial charge in [-0.25, -0.2) is 9.97 Å². The number of nitrogens with zero attached hydrogens (tertiary/aromatic N) is 4. The summed E-state index contributed by atoms with van der Waals surface area (Å²) in [5, 5.41) is 9.04. The summed E-state index contributed by atoms with van der Waals surface area (Å²) < 4.78 is 1.73. The number of hydrogen-bond donors (Lipinski definition) is 1. The van der Waals surface area contributed by atoms with Gasteiger partial charge < -0.3 is 5.32 Å². The van der Waals surface area contributed by atoms with Crippen LogP contribution in [0.4, 0.5) is 5.69 Å². The van der Waals surface area contributed by atoms with Crippen LogP contribution in [0.3, 0.4) is 0 Å². The molecule has 0 spiro atoms. The fourth-order valence-corrected chi connectivity index (χ4v) is 3.84. The number of rotatable bonds is 3. The molecule has 1 aromatic carbocycles. The minimum Gasteiger partial charge on any atom is -0.320 e. The molecule has 26 heavy (non-hydrogen) atoms. The fourth-order valence-electron chi connectivity index (χ4n) is 2.88. The molecule has 0 saturated heterocycles. The minimum absolute atomic E-state index is 0.176. The van der Waals surface area contributed by atoms with Crippen molar-refractivity contribution in [3.63, 3.8) is 0 Å². The highest BCUT2D eigenvalue weighted by Crippen LogP contribution is 2.28. The maximum atomic E-state index is 12.7. The second kappa shape index (κ2) is 6.34. The fraction of sp³-hybridized carbons (Fsp3) is 0.158. The van der Waals surface area contributed by atoms with Gasteiger partial charge in [-0.05, 0) is 19.9 Å². The molecule has 130 valence electrons. The number of aromatic nitrogens is 4. The lowest BCUT2D eigenvalue weighted by atomic mass is 10.2. The monoisotopic (exact) mass is 363 g/mol. The molecule has 0 bridgehead atoms. The lowest BCUT2D eigenvalue weighted by Gasteiger charge is -2.04. The van der Waals surface area contributed by atoms with E-state index in [1.54, 1.807) is 10.9 Å². The zero-order chi connectivity index (χ0) is 18.3. The van der Waals surface area contributed by atoms with Crippen molar-refractivity contribution in [2.24, 2.45) is 7.05 Å². The molecule has 0 aliphatic rings. The summed E-state index contributed by atoms with van der Waals surface area (Å²) in [5.41, 5.74) is 4.05. The first-order valence-corrected chi connectivity index (χ1v) is 8.98. The summed E-state index contributed by atoms with van der Waals surface area (Å²) >= 11 is 1.39. The second-order valence-corrected chi connectivity index (χ2v) is 7.06. The molecule has 6 nitrogen and oxygen atoms in total. The van der Waals surface area contributed by atoms with Gasteiger partial charge in [0.2, 0.25) is 0 Å². The number of thiazole rings is 1. The van der Waals surface area contributed by atoms with E-state index in [-0.39, 0.29) is 5.91 Å². The highest BCUT2D eigenvalue weighted by molar-refractivity contribution is 7.17. The number of carbonyl (C=O) groups is 1. The number of fused-ring (bicyclic) bond motifs is 1. The maximum absolute atomic E-state index is 12.7. The molecule has 4 aromatic rings. The van der Waals surface area contributed by atoms with Crippen LogP contribution in [0, 0.1) is 13.8 Å². The van der Waals surface area contributed by atoms with Crippen LogP contribution in [0.2, 0.25) is 0 Å². The smallest absolute Gasteiger partial charge is 0.267 e. The molecule has 7 heteroatoms. The molecule has 1 N–H and O–H groups in total. The zero-order valence-corrected chi connectivity index (χ0v) is 15.5. The van der Waals surface area contributed by atoms with E-state index >= 15 is 0 Å². The highest BCUT2D eigenvalue weighted by atomic mass is 32.1. The number of anilines is 1. The molecular formula is C19H17N5OS. The standard InChI is InChI=1S/C19H17N5OS/c1-11-15-9-14(10-20-17(15)24(3)23-11)22-18(25)16-12(2)21-19(26-16)13-7-5-4-6-8-13/h4-10H,1-3H3,(H,22,25). The maximum Gasteiger partial charge on any atom is 0.267 e. The summed E-state index contributed by atoms with van der Waals surface area (Å²) in [5.74, 6) is -0.176. The van der Waals surface area contributed by atoms with Crippen LogP contribution in [0.5, 0.6) is 0 Å². The van der Waals surface area contributed by atoms with Gasteiger partial charge in [-0.1, -0.05) is 30.3 Å². The number of aryl methyl sites for hydroxylation is 3. The van der Waals surface area contributed by atoms with Gasteiger partial charge in [0.05, 0.1) is 23.3 Å². The Morgan fingerprint density at radius 2 is 1.92 bits per heavy atom. The summed E-state index contributed by atoms with van der Waals surface area (Å²) in [6.45, 7) is 3.78. The lowest BCUT2D eigenvalue weighted by molar-refractivity contribution is 0.103. The normalized spacial score (nSPS) is 11.0. The summed E-state index contributed by atoms with van der Waals surface area (Å²) in [6.07, 6.45) is 1.65. The van der Waals surface area contributed by atoms with Gasteiger partial charge in [0.1, 0.15) is 9.88 Å². The number of hydrogen-bond acceptors (Lipinski definition) is 5. The van der Waals surface area contributed by atoms with Crippen LogP contribution in [0.25, 0.3) is 21.6 Å². The molecule has 0 fully saturated rings. The number of nitrogens with one attached hydrogen (secondary N) is 1. The molecule has 3 aromatic heterocycles. The number of pyridine rings is 1. The van der Waals surface area contributed by atoms with Crippen LogP contribution in [-0.4, -0.2) is 25.7 Å². The first-order chi connectivity index (χ1) is 12.5. The molecule has 0 saturated carbocycles. The predicted molar refractivity (Wildman–Crippen MR) is 103 cm³/mol. The number of amides is 1. The van der Waals surface area contributed by atoms with Crippen molar-refractivity contribution in [2.75, 3.05) is 5.32 Å². The van der Waals surface area contributed by atoms with Crippen molar-refractivity contribution in [1.29, 1.82) is 0 Å². The Kier molecular flexibility index (Phi) is 4.00. The Morgan fingerprint density at radius 3 is 2.69 bits per heavy atom. The van der Waals surface area contributed by atoms with E-state index in [0.29, 0.717) is 10.6 Å². The highest BCUT2D eigenvalue weighted by Gasteiger charge is 2.17. The van der Waals surface area contributed by atoms with Gasteiger partial charge in [0.25, 0.3) is 5.91 Å². The molecule has 4 rings (SSSR count). The molecule has 0 aliphatic heterocycles. The summed E-state index contributed by atoms with van der Waals surface area (Å²) in [4.78, 5) is 22.3. The third-order valence-electron chi connectivity index (χ3n) is 4.14. The van der Waals surface area contributed by atoms with Crippen molar-refractivity contribution in [3.8, 4) is 10.6 Å². The van der Waals surface area contributed by atoms with E-state index in [1.807, 2.05) is 57.3 Å². The molecule has 3 heterocycles. The first-order valence-electron chi connectivity index (χ1n) is 8.16. The van der Waals surface area contributed by atoms with Crippen molar-refractivity contribution >= 4 is 34.0 Å². The van der Waals surface area contributed by atoms with Gasteiger partial charge in [0, 0.05) is 18.0 Å². The van der Waals surface area contributed by atoms with E-state index in [1.165, 1.54) is 11.3 Å². The molecule has 0 atom stereocenters. The van der Waals surface area contributed by atoms with Gasteiger partial charge in [-0.3, -0.25) is 9.48 Å². The second-order valence-electron chi connectivity index (χ2n) is 6.06. The lowest BCUT2D eigenvalue weighted by Crippen LogP contribution is -2.11. The molecule has 0 radical (unpaired) electrons. The summed E-state index contributed by atoms with van der Waals surface area (Å²) in [7, 11) is 1.85. The number of benzene rings is 1. The minimum atomic E-state index is -0.176. The first kappa shape index (κ1) is 16.4. The SMILES string of the molecule is Cc1nc(-c2ccccc2)sc1C(=O)Nc1cnc2c(c1)c(C)nn2C. The van der Waals surface area contributed by atoms with Crippen LogP contribution < -0.4 is 5.32 Å². The Morgan fingerprint density at radius 1 is 1.15 bits per heavy atom. The van der Waals surface area contributed by atoms with Crippen molar-refractivity contribution in [3.05, 3.63) is 58.9 Å². The van der Waals surface area contributed by atoms with E-state index < -0.39 is 0 Å². The van der Waals surface area contributed by atoms with Gasteiger partial charge in [-0.2, -0.15) is 5.10 Å². The average Bonchev–Trinajstić information content (AvgIpc) is 3.16. The van der Waals surface area contributed by atoms with Crippen molar-refractivity contribution in [1.82, 2.24) is 19.7 Å². The molecule has 0 aliphatic carbocycles. The van der Waals surface area contributed by atoms with Gasteiger partial charge in [-0.15, -0.1) is 11.3 Å². The van der Waals surface area contributed by atoms with Gasteiger partial charge >= 0.3 is 0 Å². The third kappa shape index (κ3) is 2.86. The number of carbonyl (C=O) groups excluding carboxylic acids is 1. The van der Waals surface area contributed by atoms with E-state index in [4.69, 9.17) is 0 Å². The van der Waals surface area contributed by atoms with Crippen LogP contribution in [0.15, 0.2) is 42.6 Å². The summed E-state index contributed by atoms with van der Waals surface area (Å²) in [6, 6.07) is 11.8. The van der Waals surface area contributed by atoms with E-state index in [2.05, 4.69) is 20.4 Å². The Bertz CT molecular complexity index is 1110. The largest absolute Gasteiger partial charge is 0.320 e.